The van der Waals surface area contributed by atoms with Gasteiger partial charge in [-0.15, -0.1) is 11.8 Å². The van der Waals surface area contributed by atoms with Gasteiger partial charge in [0.05, 0.1) is 10.5 Å². The van der Waals surface area contributed by atoms with E-state index in [0.29, 0.717) is 16.3 Å². The zero-order valence-electron chi connectivity index (χ0n) is 14.5. The molecule has 0 radical (unpaired) electrons. The summed E-state index contributed by atoms with van der Waals surface area (Å²) in [6.07, 6.45) is 3.46. The van der Waals surface area contributed by atoms with Gasteiger partial charge in [0.2, 0.25) is 10.0 Å². The number of hydrogen-bond acceptors (Lipinski definition) is 5. The fourth-order valence-electron chi connectivity index (χ4n) is 2.13. The number of benzene rings is 1. The molecule has 0 saturated heterocycles. The molecule has 0 unspecified atom stereocenters. The van der Waals surface area contributed by atoms with E-state index in [1.807, 2.05) is 6.26 Å². The average Bonchev–Trinajstić information content (AvgIpc) is 2.53. The normalized spacial score (nSPS) is 12.0. The number of anilines is 1. The zero-order valence-corrected chi connectivity index (χ0v) is 16.2. The van der Waals surface area contributed by atoms with Gasteiger partial charge in [0, 0.05) is 17.4 Å². The molecule has 0 atom stereocenters. The van der Waals surface area contributed by atoms with E-state index in [4.69, 9.17) is 0 Å². The number of hydrogen-bond donors (Lipinski definition) is 2. The molecule has 6 nitrogen and oxygen atoms in total. The van der Waals surface area contributed by atoms with Gasteiger partial charge in [-0.1, -0.05) is 6.07 Å². The van der Waals surface area contributed by atoms with E-state index in [2.05, 4.69) is 15.0 Å². The third-order valence-electron chi connectivity index (χ3n) is 3.05. The van der Waals surface area contributed by atoms with E-state index in [0.717, 1.165) is 0 Å². The van der Waals surface area contributed by atoms with Crippen molar-refractivity contribution in [2.75, 3.05) is 11.6 Å². The molecule has 0 fully saturated rings. The predicted octanol–water partition coefficient (Wildman–Crippen LogP) is 3.13. The second-order valence-electron chi connectivity index (χ2n) is 6.40. The van der Waals surface area contributed by atoms with Gasteiger partial charge < -0.3 is 5.32 Å². The first-order chi connectivity index (χ1) is 11.6. The molecule has 1 heterocycles. The highest BCUT2D eigenvalue weighted by Crippen LogP contribution is 2.21. The number of carbonyl (C=O) groups excluding carboxylic acids is 1. The minimum atomic E-state index is -3.67. The van der Waals surface area contributed by atoms with Crippen LogP contribution >= 0.6 is 11.8 Å². The maximum absolute atomic E-state index is 12.5. The fraction of sp³-hybridized carbons (Fsp3) is 0.294. The van der Waals surface area contributed by atoms with Crippen LogP contribution < -0.4 is 10.0 Å². The standard InChI is InChI=1S/C17H21N3O3S2/c1-17(2,3)20-25(22,23)13-8-5-7-12(11-13)19-15(21)14-9-6-10-18-16(14)24-4/h5-11,20H,1-4H3,(H,19,21). The van der Waals surface area contributed by atoms with Crippen LogP contribution in [0, 0.1) is 0 Å². The summed E-state index contributed by atoms with van der Waals surface area (Å²) in [6, 6.07) is 9.51. The molecule has 2 aromatic rings. The molecule has 134 valence electrons. The highest BCUT2D eigenvalue weighted by molar-refractivity contribution is 7.98. The monoisotopic (exact) mass is 379 g/mol. The lowest BCUT2D eigenvalue weighted by atomic mass is 10.1. The van der Waals surface area contributed by atoms with E-state index in [-0.39, 0.29) is 10.8 Å². The van der Waals surface area contributed by atoms with E-state index in [9.17, 15) is 13.2 Å². The molecule has 1 aromatic carbocycles. The van der Waals surface area contributed by atoms with E-state index >= 15 is 0 Å². The molecule has 8 heteroatoms. The molecule has 2 N–H and O–H groups in total. The van der Waals surface area contributed by atoms with Gasteiger partial charge in [0.15, 0.2) is 0 Å². The summed E-state index contributed by atoms with van der Waals surface area (Å²) >= 11 is 1.37. The van der Waals surface area contributed by atoms with Crippen molar-refractivity contribution >= 4 is 33.4 Å². The number of pyridine rings is 1. The number of carbonyl (C=O) groups is 1. The third kappa shape index (κ3) is 5.29. The number of aromatic nitrogens is 1. The molecule has 0 spiro atoms. The van der Waals surface area contributed by atoms with Crippen molar-refractivity contribution in [3.8, 4) is 0 Å². The minimum Gasteiger partial charge on any atom is -0.322 e. The summed E-state index contributed by atoms with van der Waals surface area (Å²) in [6.45, 7) is 5.30. The SMILES string of the molecule is CSc1ncccc1C(=O)Nc1cccc(S(=O)(=O)NC(C)(C)C)c1. The summed E-state index contributed by atoms with van der Waals surface area (Å²) in [5.74, 6) is -0.337. The molecule has 1 amide bonds. The van der Waals surface area contributed by atoms with Crippen LogP contribution in [-0.2, 0) is 10.0 Å². The first kappa shape index (κ1) is 19.4. The summed E-state index contributed by atoms with van der Waals surface area (Å²) in [5, 5.41) is 3.33. The molecular formula is C17H21N3O3S2. The Hall–Kier alpha value is -1.90. The minimum absolute atomic E-state index is 0.0940. The second kappa shape index (κ2) is 7.55. The van der Waals surface area contributed by atoms with Crippen LogP contribution in [0.3, 0.4) is 0 Å². The number of rotatable bonds is 5. The van der Waals surface area contributed by atoms with Gasteiger partial charge in [-0.3, -0.25) is 4.79 Å². The zero-order chi connectivity index (χ0) is 18.7. The highest BCUT2D eigenvalue weighted by atomic mass is 32.2. The highest BCUT2D eigenvalue weighted by Gasteiger charge is 2.22. The van der Waals surface area contributed by atoms with Crippen LogP contribution in [0.2, 0.25) is 0 Å². The smallest absolute Gasteiger partial charge is 0.258 e. The van der Waals surface area contributed by atoms with Crippen LogP contribution in [0.4, 0.5) is 5.69 Å². The van der Waals surface area contributed by atoms with E-state index in [1.165, 1.54) is 23.9 Å². The molecule has 0 aliphatic carbocycles. The lowest BCUT2D eigenvalue weighted by molar-refractivity contribution is 0.102. The van der Waals surface area contributed by atoms with Gasteiger partial charge >= 0.3 is 0 Å². The third-order valence-corrected chi connectivity index (χ3v) is 5.52. The number of nitrogens with zero attached hydrogens (tertiary/aromatic N) is 1. The van der Waals surface area contributed by atoms with Gasteiger partial charge in [0.25, 0.3) is 5.91 Å². The van der Waals surface area contributed by atoms with Crippen molar-refractivity contribution in [2.24, 2.45) is 0 Å². The van der Waals surface area contributed by atoms with Crippen molar-refractivity contribution in [2.45, 2.75) is 36.2 Å². The Bertz CT molecular complexity index is 875. The van der Waals surface area contributed by atoms with Crippen LogP contribution in [0.25, 0.3) is 0 Å². The molecule has 2 rings (SSSR count). The van der Waals surface area contributed by atoms with Gasteiger partial charge in [-0.2, -0.15) is 0 Å². The maximum atomic E-state index is 12.5. The Kier molecular flexibility index (Phi) is 5.87. The van der Waals surface area contributed by atoms with Crippen molar-refractivity contribution in [1.82, 2.24) is 9.71 Å². The second-order valence-corrected chi connectivity index (χ2v) is 8.88. The Morgan fingerprint density at radius 3 is 2.52 bits per heavy atom. The topological polar surface area (TPSA) is 88.2 Å². The summed E-state index contributed by atoms with van der Waals surface area (Å²) < 4.78 is 27.4. The van der Waals surface area contributed by atoms with Crippen molar-refractivity contribution in [3.63, 3.8) is 0 Å². The summed E-state index contributed by atoms with van der Waals surface area (Å²) in [5.41, 5.74) is 0.245. The van der Waals surface area contributed by atoms with Crippen molar-refractivity contribution in [1.29, 1.82) is 0 Å². The molecule has 1 aromatic heterocycles. The van der Waals surface area contributed by atoms with Crippen molar-refractivity contribution in [3.05, 3.63) is 48.2 Å². The molecule has 0 aliphatic heterocycles. The molecule has 0 saturated carbocycles. The largest absolute Gasteiger partial charge is 0.322 e. The molecule has 0 aliphatic rings. The predicted molar refractivity (Wildman–Crippen MR) is 100 cm³/mol. The van der Waals surface area contributed by atoms with Crippen LogP contribution in [0.5, 0.6) is 0 Å². The van der Waals surface area contributed by atoms with Gasteiger partial charge in [-0.05, 0) is 57.4 Å². The average molecular weight is 380 g/mol. The number of amides is 1. The van der Waals surface area contributed by atoms with E-state index < -0.39 is 15.6 Å². The van der Waals surface area contributed by atoms with Crippen LogP contribution in [-0.4, -0.2) is 31.1 Å². The van der Waals surface area contributed by atoms with Gasteiger partial charge in [0.1, 0.15) is 5.03 Å². The Morgan fingerprint density at radius 2 is 1.88 bits per heavy atom. The molecule has 0 bridgehead atoms. The van der Waals surface area contributed by atoms with Crippen LogP contribution in [0.1, 0.15) is 31.1 Å². The summed E-state index contributed by atoms with van der Waals surface area (Å²) in [4.78, 5) is 16.7. The Balaban J connectivity index is 2.26. The quantitative estimate of drug-likeness (QED) is 0.779. The number of nitrogens with one attached hydrogen (secondary N) is 2. The fourth-order valence-corrected chi connectivity index (χ4v) is 4.14. The first-order valence-corrected chi connectivity index (χ1v) is 10.3. The maximum Gasteiger partial charge on any atom is 0.258 e. The molecule has 25 heavy (non-hydrogen) atoms. The van der Waals surface area contributed by atoms with E-state index in [1.54, 1.807) is 51.2 Å². The first-order valence-electron chi connectivity index (χ1n) is 7.57. The molecular weight excluding hydrogens is 358 g/mol. The lowest BCUT2D eigenvalue weighted by Crippen LogP contribution is -2.40. The summed E-state index contributed by atoms with van der Waals surface area (Å²) in [7, 11) is -3.67. The Labute approximate surface area is 152 Å². The van der Waals surface area contributed by atoms with Crippen LogP contribution in [0.15, 0.2) is 52.5 Å². The Morgan fingerprint density at radius 1 is 1.16 bits per heavy atom. The van der Waals surface area contributed by atoms with Crippen molar-refractivity contribution < 1.29 is 13.2 Å². The number of thioether (sulfide) groups is 1. The number of sulfonamides is 1. The lowest BCUT2D eigenvalue weighted by Gasteiger charge is -2.20. The van der Waals surface area contributed by atoms with Gasteiger partial charge in [-0.25, -0.2) is 18.1 Å².